The molecule has 0 saturated heterocycles. The second-order valence-electron chi connectivity index (χ2n) is 6.18. The van der Waals surface area contributed by atoms with Gasteiger partial charge in [0.1, 0.15) is 12.4 Å². The van der Waals surface area contributed by atoms with Crippen molar-refractivity contribution < 1.29 is 28.6 Å². The fourth-order valence-corrected chi connectivity index (χ4v) is 2.54. The molecule has 0 aromatic heterocycles. The fraction of sp³-hybridized carbons (Fsp3) is 0.421. The quantitative estimate of drug-likeness (QED) is 0.706. The molecule has 1 aromatic rings. The first-order chi connectivity index (χ1) is 12.9. The van der Waals surface area contributed by atoms with Crippen molar-refractivity contribution in [2.24, 2.45) is 5.92 Å². The van der Waals surface area contributed by atoms with Crippen LogP contribution in [0.1, 0.15) is 32.4 Å². The number of methoxy groups -OCH3 is 1. The van der Waals surface area contributed by atoms with Gasteiger partial charge in [-0.2, -0.15) is 0 Å². The van der Waals surface area contributed by atoms with Crippen LogP contribution in [0.4, 0.5) is 4.79 Å². The van der Waals surface area contributed by atoms with Crippen molar-refractivity contribution in [1.29, 1.82) is 0 Å². The molecule has 8 heteroatoms. The molecule has 0 bridgehead atoms. The van der Waals surface area contributed by atoms with Crippen molar-refractivity contribution in [3.05, 3.63) is 41.1 Å². The number of hydrogen-bond donors (Lipinski definition) is 2. The van der Waals surface area contributed by atoms with Gasteiger partial charge in [-0.1, -0.05) is 26.0 Å². The van der Waals surface area contributed by atoms with Crippen LogP contribution in [0.2, 0.25) is 0 Å². The van der Waals surface area contributed by atoms with Crippen molar-refractivity contribution in [3.8, 4) is 5.75 Å². The Labute approximate surface area is 157 Å². The van der Waals surface area contributed by atoms with Gasteiger partial charge in [0.05, 0.1) is 36.9 Å². The van der Waals surface area contributed by atoms with E-state index in [0.29, 0.717) is 11.3 Å². The molecule has 1 aromatic carbocycles. The molecule has 0 unspecified atom stereocenters. The number of amides is 2. The van der Waals surface area contributed by atoms with Gasteiger partial charge in [-0.3, -0.25) is 4.79 Å². The van der Waals surface area contributed by atoms with E-state index in [9.17, 15) is 14.4 Å². The Morgan fingerprint density at radius 1 is 1.15 bits per heavy atom. The minimum atomic E-state index is -0.739. The van der Waals surface area contributed by atoms with Crippen molar-refractivity contribution in [3.63, 3.8) is 0 Å². The Bertz CT molecular complexity index is 739. The lowest BCUT2D eigenvalue weighted by Crippen LogP contribution is -2.47. The summed E-state index contributed by atoms with van der Waals surface area (Å²) < 4.78 is 15.5. The number of nitrogens with one attached hydrogen (secondary N) is 2. The van der Waals surface area contributed by atoms with E-state index in [-0.39, 0.29) is 30.4 Å². The molecule has 146 valence electrons. The summed E-state index contributed by atoms with van der Waals surface area (Å²) in [6.07, 6.45) is 0. The van der Waals surface area contributed by atoms with Crippen LogP contribution in [0.25, 0.3) is 0 Å². The molecule has 2 amide bonds. The van der Waals surface area contributed by atoms with E-state index in [0.717, 1.165) is 0 Å². The maximum absolute atomic E-state index is 12.6. The Morgan fingerprint density at radius 2 is 1.81 bits per heavy atom. The predicted octanol–water partition coefficient (Wildman–Crippen LogP) is 2.07. The summed E-state index contributed by atoms with van der Waals surface area (Å²) in [5.74, 6) is -0.709. The number of esters is 2. The van der Waals surface area contributed by atoms with Crippen LogP contribution in [-0.4, -0.2) is 38.3 Å². The predicted molar refractivity (Wildman–Crippen MR) is 96.9 cm³/mol. The monoisotopic (exact) mass is 376 g/mol. The molecular weight excluding hydrogens is 352 g/mol. The second kappa shape index (κ2) is 9.07. The molecule has 27 heavy (non-hydrogen) atoms. The zero-order chi connectivity index (χ0) is 20.0. The number of ether oxygens (including phenoxy) is 3. The lowest BCUT2D eigenvalue weighted by atomic mass is 9.95. The smallest absolute Gasteiger partial charge is 0.338 e. The van der Waals surface area contributed by atoms with Crippen LogP contribution in [0.3, 0.4) is 0 Å². The molecule has 1 aliphatic heterocycles. The number of urea groups is 1. The van der Waals surface area contributed by atoms with Crippen LogP contribution in [-0.2, 0) is 19.1 Å². The topological polar surface area (TPSA) is 103 Å². The van der Waals surface area contributed by atoms with Crippen molar-refractivity contribution >= 4 is 18.0 Å². The lowest BCUT2D eigenvalue weighted by molar-refractivity contribution is -0.147. The third kappa shape index (κ3) is 4.99. The van der Waals surface area contributed by atoms with Gasteiger partial charge >= 0.3 is 18.0 Å². The molecule has 0 radical (unpaired) electrons. The van der Waals surface area contributed by atoms with Crippen LogP contribution in [0.5, 0.6) is 5.75 Å². The highest BCUT2D eigenvalue weighted by Crippen LogP contribution is 2.29. The van der Waals surface area contributed by atoms with Gasteiger partial charge in [-0.05, 0) is 24.6 Å². The molecule has 0 spiro atoms. The Balaban J connectivity index is 2.41. The number of carbonyl (C=O) groups excluding carboxylic acids is 3. The minimum Gasteiger partial charge on any atom is -0.497 e. The first kappa shape index (κ1) is 20.3. The molecule has 8 nitrogen and oxygen atoms in total. The summed E-state index contributed by atoms with van der Waals surface area (Å²) in [5, 5.41) is 5.26. The zero-order valence-electron chi connectivity index (χ0n) is 15.8. The van der Waals surface area contributed by atoms with Gasteiger partial charge in [-0.25, -0.2) is 9.59 Å². The summed E-state index contributed by atoms with van der Waals surface area (Å²) >= 11 is 0. The molecule has 0 fully saturated rings. The molecule has 1 aliphatic rings. The van der Waals surface area contributed by atoms with Crippen molar-refractivity contribution in [2.45, 2.75) is 26.8 Å². The highest BCUT2D eigenvalue weighted by molar-refractivity contribution is 5.95. The van der Waals surface area contributed by atoms with Gasteiger partial charge < -0.3 is 24.8 Å². The average molecular weight is 376 g/mol. The molecular formula is C19H24N2O6. The van der Waals surface area contributed by atoms with Gasteiger partial charge in [0, 0.05) is 0 Å². The number of benzene rings is 1. The molecule has 0 aliphatic carbocycles. The second-order valence-corrected chi connectivity index (χ2v) is 6.18. The maximum Gasteiger partial charge on any atom is 0.338 e. The number of hydrogen-bond acceptors (Lipinski definition) is 6. The minimum absolute atomic E-state index is 0.171. The standard InChI is InChI=1S/C19H24N2O6/c1-5-26-18(23)15-14(10-27-17(22)11(2)3)20-19(24)21-16(15)12-6-8-13(25-4)9-7-12/h6-9,11,16H,5,10H2,1-4H3,(H2,20,21,24)/t16-/m0/s1. The number of rotatable bonds is 7. The third-order valence-corrected chi connectivity index (χ3v) is 3.93. The molecule has 1 atom stereocenters. The normalized spacial score (nSPS) is 16.5. The van der Waals surface area contributed by atoms with E-state index in [4.69, 9.17) is 14.2 Å². The molecule has 2 N–H and O–H groups in total. The Kier molecular flexibility index (Phi) is 6.81. The lowest BCUT2D eigenvalue weighted by Gasteiger charge is -2.29. The van der Waals surface area contributed by atoms with Crippen LogP contribution < -0.4 is 15.4 Å². The van der Waals surface area contributed by atoms with E-state index in [1.807, 2.05) is 0 Å². The van der Waals surface area contributed by atoms with Crippen molar-refractivity contribution in [2.75, 3.05) is 20.3 Å². The Hall–Kier alpha value is -3.03. The zero-order valence-corrected chi connectivity index (χ0v) is 15.8. The van der Waals surface area contributed by atoms with E-state index >= 15 is 0 Å². The highest BCUT2D eigenvalue weighted by Gasteiger charge is 2.34. The first-order valence-corrected chi connectivity index (χ1v) is 8.65. The van der Waals surface area contributed by atoms with Gasteiger partial charge in [0.15, 0.2) is 0 Å². The van der Waals surface area contributed by atoms with Crippen LogP contribution >= 0.6 is 0 Å². The summed E-state index contributed by atoms with van der Waals surface area (Å²) in [6.45, 7) is 5.03. The average Bonchev–Trinajstić information content (AvgIpc) is 2.65. The summed E-state index contributed by atoms with van der Waals surface area (Å²) in [7, 11) is 1.55. The molecule has 0 saturated carbocycles. The first-order valence-electron chi connectivity index (χ1n) is 8.65. The van der Waals surface area contributed by atoms with E-state index in [2.05, 4.69) is 10.6 Å². The summed E-state index contributed by atoms with van der Waals surface area (Å²) in [4.78, 5) is 36.5. The van der Waals surface area contributed by atoms with E-state index < -0.39 is 24.0 Å². The van der Waals surface area contributed by atoms with Gasteiger partial charge in [-0.15, -0.1) is 0 Å². The highest BCUT2D eigenvalue weighted by atomic mass is 16.5. The number of carbonyl (C=O) groups is 3. The SMILES string of the molecule is CCOC(=O)C1=C(COC(=O)C(C)C)NC(=O)N[C@H]1c1ccc(OC)cc1. The Morgan fingerprint density at radius 3 is 2.37 bits per heavy atom. The van der Waals surface area contributed by atoms with E-state index in [1.165, 1.54) is 0 Å². The van der Waals surface area contributed by atoms with Crippen LogP contribution in [0, 0.1) is 5.92 Å². The summed E-state index contributed by atoms with van der Waals surface area (Å²) in [6, 6.07) is 5.70. The molecule has 1 heterocycles. The van der Waals surface area contributed by atoms with Gasteiger partial charge in [0.25, 0.3) is 0 Å². The third-order valence-electron chi connectivity index (χ3n) is 3.93. The largest absolute Gasteiger partial charge is 0.497 e. The van der Waals surface area contributed by atoms with Crippen LogP contribution in [0.15, 0.2) is 35.5 Å². The fourth-order valence-electron chi connectivity index (χ4n) is 2.54. The van der Waals surface area contributed by atoms with Gasteiger partial charge in [0.2, 0.25) is 0 Å². The van der Waals surface area contributed by atoms with E-state index in [1.54, 1.807) is 52.1 Å². The maximum atomic E-state index is 12.6. The van der Waals surface area contributed by atoms with Crippen molar-refractivity contribution in [1.82, 2.24) is 10.6 Å². The molecule has 2 rings (SSSR count). The summed E-state index contributed by atoms with van der Waals surface area (Å²) in [5.41, 5.74) is 1.06.